The molecule has 1 fully saturated rings. The molecule has 2 heterocycles. The number of halogens is 2. The average Bonchev–Trinajstić information content (AvgIpc) is 3.42. The van der Waals surface area contributed by atoms with Crippen LogP contribution in [0.5, 0.6) is 0 Å². The highest BCUT2D eigenvalue weighted by Gasteiger charge is 2.31. The minimum Gasteiger partial charge on any atom is -0.345 e. The van der Waals surface area contributed by atoms with Gasteiger partial charge in [0.25, 0.3) is 0 Å². The molecule has 0 atom stereocenters. The maximum Gasteiger partial charge on any atom is 0.232 e. The molecular formula is C19H18F2N4O3S. The van der Waals surface area contributed by atoms with Gasteiger partial charge < -0.3 is 4.98 Å². The number of sulfonamides is 1. The topological polar surface area (TPSA) is 105 Å². The number of aromatic nitrogens is 3. The van der Waals surface area contributed by atoms with Crippen molar-refractivity contribution in [3.63, 3.8) is 0 Å². The monoisotopic (exact) mass is 420 g/mol. The third-order valence-corrected chi connectivity index (χ3v) is 6.24. The van der Waals surface area contributed by atoms with Crippen molar-refractivity contribution < 1.29 is 22.0 Å². The molecule has 29 heavy (non-hydrogen) atoms. The van der Waals surface area contributed by atoms with Gasteiger partial charge in [0.05, 0.1) is 33.6 Å². The Balaban J connectivity index is 1.80. The Morgan fingerprint density at radius 3 is 2.72 bits per heavy atom. The van der Waals surface area contributed by atoms with Gasteiger partial charge in [-0.2, -0.15) is 0 Å². The fraction of sp³-hybridized carbons (Fsp3) is 0.316. The number of nitrogens with one attached hydrogen (secondary N) is 2. The number of carbonyl (C=O) groups is 1. The van der Waals surface area contributed by atoms with Crippen molar-refractivity contribution in [1.29, 1.82) is 0 Å². The predicted octanol–water partition coefficient (Wildman–Crippen LogP) is 3.50. The Morgan fingerprint density at radius 2 is 2.03 bits per heavy atom. The lowest BCUT2D eigenvalue weighted by Crippen LogP contribution is -2.18. The molecule has 0 amide bonds. The highest BCUT2D eigenvalue weighted by atomic mass is 32.2. The lowest BCUT2D eigenvalue weighted by atomic mass is 10.00. The van der Waals surface area contributed by atoms with E-state index in [0.29, 0.717) is 23.1 Å². The molecule has 1 aliphatic rings. The number of aromatic amines is 1. The molecule has 0 radical (unpaired) electrons. The van der Waals surface area contributed by atoms with Crippen LogP contribution in [0.15, 0.2) is 24.7 Å². The minimum atomic E-state index is -3.81. The number of nitrogens with zero attached hydrogens (tertiary/aromatic N) is 2. The number of ketones is 1. The Kier molecular flexibility index (Phi) is 4.81. The number of benzene rings is 1. The van der Waals surface area contributed by atoms with E-state index >= 15 is 0 Å². The highest BCUT2D eigenvalue weighted by molar-refractivity contribution is 7.92. The van der Waals surface area contributed by atoms with Crippen LogP contribution in [0, 0.1) is 11.6 Å². The first-order valence-corrected chi connectivity index (χ1v) is 10.8. The predicted molar refractivity (Wildman–Crippen MR) is 103 cm³/mol. The van der Waals surface area contributed by atoms with Crippen molar-refractivity contribution in [2.24, 2.45) is 0 Å². The van der Waals surface area contributed by atoms with E-state index in [1.807, 2.05) is 0 Å². The first-order chi connectivity index (χ1) is 13.8. The van der Waals surface area contributed by atoms with Crippen LogP contribution in [0.2, 0.25) is 0 Å². The summed E-state index contributed by atoms with van der Waals surface area (Å²) < 4.78 is 55.5. The molecular weight excluding hydrogens is 402 g/mol. The summed E-state index contributed by atoms with van der Waals surface area (Å²) in [5.41, 5.74) is -0.171. The van der Waals surface area contributed by atoms with Gasteiger partial charge in [-0.1, -0.05) is 6.92 Å². The summed E-state index contributed by atoms with van der Waals surface area (Å²) in [5.74, 6) is -3.28. The summed E-state index contributed by atoms with van der Waals surface area (Å²) in [4.78, 5) is 24.2. The van der Waals surface area contributed by atoms with Crippen molar-refractivity contribution in [3.05, 3.63) is 53.1 Å². The number of rotatable bonds is 7. The Hall–Kier alpha value is -2.88. The lowest BCUT2D eigenvalue weighted by molar-refractivity contribution is 0.103. The highest BCUT2D eigenvalue weighted by Crippen LogP contribution is 2.42. The first-order valence-electron chi connectivity index (χ1n) is 9.17. The zero-order chi connectivity index (χ0) is 20.8. The van der Waals surface area contributed by atoms with Crippen LogP contribution in [0.3, 0.4) is 0 Å². The second kappa shape index (κ2) is 7.18. The normalized spacial score (nSPS) is 14.3. The van der Waals surface area contributed by atoms with Gasteiger partial charge in [0.15, 0.2) is 5.82 Å². The van der Waals surface area contributed by atoms with Crippen LogP contribution >= 0.6 is 0 Å². The fourth-order valence-corrected chi connectivity index (χ4v) is 4.43. The molecule has 0 saturated heterocycles. The molecule has 0 unspecified atom stereocenters. The van der Waals surface area contributed by atoms with Gasteiger partial charge in [-0.3, -0.25) is 9.52 Å². The zero-order valence-corrected chi connectivity index (χ0v) is 16.3. The summed E-state index contributed by atoms with van der Waals surface area (Å²) in [6, 6.07) is 1.83. The summed E-state index contributed by atoms with van der Waals surface area (Å²) in [7, 11) is -3.81. The van der Waals surface area contributed by atoms with Crippen LogP contribution in [0.25, 0.3) is 11.0 Å². The molecule has 152 valence electrons. The lowest BCUT2D eigenvalue weighted by Gasteiger charge is -2.11. The molecule has 0 spiro atoms. The minimum absolute atomic E-state index is 0.0499. The third-order valence-electron chi connectivity index (χ3n) is 4.76. The van der Waals surface area contributed by atoms with Crippen LogP contribution < -0.4 is 4.72 Å². The smallest absolute Gasteiger partial charge is 0.232 e. The van der Waals surface area contributed by atoms with Crippen LogP contribution in [0.1, 0.15) is 53.7 Å². The summed E-state index contributed by atoms with van der Waals surface area (Å²) in [6.07, 6.45) is 4.89. The van der Waals surface area contributed by atoms with E-state index in [-0.39, 0.29) is 17.2 Å². The summed E-state index contributed by atoms with van der Waals surface area (Å²) >= 11 is 0. The van der Waals surface area contributed by atoms with E-state index in [2.05, 4.69) is 19.7 Å². The molecule has 2 aromatic heterocycles. The molecule has 7 nitrogen and oxygen atoms in total. The molecule has 1 aliphatic carbocycles. The molecule has 0 aliphatic heterocycles. The van der Waals surface area contributed by atoms with Crippen molar-refractivity contribution >= 4 is 32.5 Å². The average molecular weight is 420 g/mol. The van der Waals surface area contributed by atoms with Gasteiger partial charge >= 0.3 is 0 Å². The summed E-state index contributed by atoms with van der Waals surface area (Å²) in [6.45, 7) is 1.66. The van der Waals surface area contributed by atoms with Crippen LogP contribution in [-0.4, -0.2) is 34.9 Å². The van der Waals surface area contributed by atoms with Crippen LogP contribution in [0.4, 0.5) is 14.5 Å². The number of H-pyrrole nitrogens is 1. The van der Waals surface area contributed by atoms with Crippen molar-refractivity contribution in [1.82, 2.24) is 15.0 Å². The van der Waals surface area contributed by atoms with E-state index in [0.717, 1.165) is 25.0 Å². The molecule has 1 aromatic carbocycles. The SMILES string of the molecule is CCCS(=O)(=O)Nc1ccc(F)c(C(=O)c2c[nH]c3ncnc(C4CC4)c23)c1F. The molecule has 3 aromatic rings. The Bertz CT molecular complexity index is 1220. The zero-order valence-electron chi connectivity index (χ0n) is 15.5. The molecule has 0 bridgehead atoms. The van der Waals surface area contributed by atoms with Crippen molar-refractivity contribution in [3.8, 4) is 0 Å². The van der Waals surface area contributed by atoms with E-state index in [9.17, 15) is 22.0 Å². The Morgan fingerprint density at radius 1 is 1.28 bits per heavy atom. The molecule has 2 N–H and O–H groups in total. The number of hydrogen-bond acceptors (Lipinski definition) is 5. The standard InChI is InChI=1S/C19H18F2N4O3S/c1-2-7-29(27,28)25-13-6-5-12(20)15(16(13)21)18(26)11-8-22-19-14(11)17(10-3-4-10)23-9-24-19/h5-6,8-10,25H,2-4,7H2,1H3,(H,22,23,24). The quantitative estimate of drug-likeness (QED) is 0.569. The second-order valence-electron chi connectivity index (χ2n) is 6.99. The third kappa shape index (κ3) is 3.59. The van der Waals surface area contributed by atoms with Crippen molar-refractivity contribution in [2.45, 2.75) is 32.1 Å². The number of hydrogen-bond donors (Lipinski definition) is 2. The van der Waals surface area contributed by atoms with Gasteiger partial charge in [-0.25, -0.2) is 27.2 Å². The van der Waals surface area contributed by atoms with Gasteiger partial charge in [0.2, 0.25) is 15.8 Å². The maximum absolute atomic E-state index is 15.0. The second-order valence-corrected chi connectivity index (χ2v) is 8.83. The maximum atomic E-state index is 15.0. The molecule has 10 heteroatoms. The molecule has 4 rings (SSSR count). The Labute approximate surface area is 165 Å². The van der Waals surface area contributed by atoms with E-state index in [4.69, 9.17) is 0 Å². The van der Waals surface area contributed by atoms with Crippen LogP contribution in [-0.2, 0) is 10.0 Å². The number of carbonyl (C=O) groups excluding carboxylic acids is 1. The van der Waals surface area contributed by atoms with E-state index < -0.39 is 38.7 Å². The van der Waals surface area contributed by atoms with Gasteiger partial charge in [-0.05, 0) is 31.4 Å². The largest absolute Gasteiger partial charge is 0.345 e. The van der Waals surface area contributed by atoms with E-state index in [1.54, 1.807) is 6.92 Å². The fourth-order valence-electron chi connectivity index (χ4n) is 3.29. The van der Waals surface area contributed by atoms with E-state index in [1.165, 1.54) is 12.5 Å². The number of fused-ring (bicyclic) bond motifs is 1. The summed E-state index contributed by atoms with van der Waals surface area (Å²) in [5, 5.41) is 0.441. The van der Waals surface area contributed by atoms with Gasteiger partial charge in [0, 0.05) is 12.1 Å². The molecule has 1 saturated carbocycles. The number of anilines is 1. The van der Waals surface area contributed by atoms with Gasteiger partial charge in [-0.15, -0.1) is 0 Å². The van der Waals surface area contributed by atoms with Gasteiger partial charge in [0.1, 0.15) is 17.8 Å². The first kappa shape index (κ1) is 19.4. The van der Waals surface area contributed by atoms with Crippen molar-refractivity contribution in [2.75, 3.05) is 10.5 Å².